The number of rotatable bonds is 7. The van der Waals surface area contributed by atoms with Crippen molar-refractivity contribution in [2.24, 2.45) is 0 Å². The normalized spacial score (nSPS) is 17.8. The average Bonchev–Trinajstić information content (AvgIpc) is 3.01. The topological polar surface area (TPSA) is 55.4 Å². The second-order valence-corrected chi connectivity index (χ2v) is 7.87. The molecule has 1 saturated carbocycles. The highest BCUT2D eigenvalue weighted by atomic mass is 32.2. The van der Waals surface area contributed by atoms with Crippen molar-refractivity contribution >= 4 is 9.84 Å². The molecule has 1 N–H and O–H groups in total. The number of benzene rings is 1. The molecule has 1 aliphatic carbocycles. The standard InChI is InChI=1S/C16H25NO3S/c1-3-20-16-11-7-6-10-14(16)15(17-2)12-21(18,19)13-8-4-5-9-13/h6-7,10-11,13,15,17H,3-5,8-9,12H2,1-2H3. The molecule has 0 spiro atoms. The van der Waals surface area contributed by atoms with E-state index in [0.29, 0.717) is 6.61 Å². The highest BCUT2D eigenvalue weighted by molar-refractivity contribution is 7.92. The lowest BCUT2D eigenvalue weighted by atomic mass is 10.1. The van der Waals surface area contributed by atoms with Crippen LogP contribution in [-0.2, 0) is 9.84 Å². The van der Waals surface area contributed by atoms with E-state index >= 15 is 0 Å². The molecule has 1 unspecified atom stereocenters. The SMILES string of the molecule is CCOc1ccccc1C(CS(=O)(=O)C1CCCC1)NC. The lowest BCUT2D eigenvalue weighted by molar-refractivity contribution is 0.333. The van der Waals surface area contributed by atoms with Crippen LogP contribution in [0.15, 0.2) is 24.3 Å². The first-order chi connectivity index (χ1) is 10.1. The van der Waals surface area contributed by atoms with Gasteiger partial charge in [-0.2, -0.15) is 0 Å². The first kappa shape index (κ1) is 16.3. The Hall–Kier alpha value is -1.07. The van der Waals surface area contributed by atoms with Crippen molar-refractivity contribution in [3.63, 3.8) is 0 Å². The van der Waals surface area contributed by atoms with Crippen LogP contribution in [0.25, 0.3) is 0 Å². The fourth-order valence-corrected chi connectivity index (χ4v) is 5.13. The van der Waals surface area contributed by atoms with Crippen LogP contribution in [0.5, 0.6) is 5.75 Å². The maximum atomic E-state index is 12.6. The highest BCUT2D eigenvalue weighted by Gasteiger charge is 2.31. The smallest absolute Gasteiger partial charge is 0.155 e. The maximum Gasteiger partial charge on any atom is 0.155 e. The molecule has 0 radical (unpaired) electrons. The zero-order valence-corrected chi connectivity index (χ0v) is 13.7. The second kappa shape index (κ2) is 7.27. The summed E-state index contributed by atoms with van der Waals surface area (Å²) in [6, 6.07) is 7.44. The Balaban J connectivity index is 2.20. The molecule has 0 amide bonds. The lowest BCUT2D eigenvalue weighted by Gasteiger charge is -2.21. The molecular formula is C16H25NO3S. The van der Waals surface area contributed by atoms with Gasteiger partial charge in [0.05, 0.1) is 17.6 Å². The summed E-state index contributed by atoms with van der Waals surface area (Å²) in [5, 5.41) is 2.98. The minimum atomic E-state index is -3.07. The molecule has 1 atom stereocenters. The maximum absolute atomic E-state index is 12.6. The molecule has 0 heterocycles. The van der Waals surface area contributed by atoms with Crippen molar-refractivity contribution in [2.45, 2.75) is 43.9 Å². The zero-order chi connectivity index (χ0) is 15.3. The van der Waals surface area contributed by atoms with E-state index in [1.165, 1.54) is 0 Å². The largest absolute Gasteiger partial charge is 0.494 e. The number of sulfone groups is 1. The first-order valence-corrected chi connectivity index (χ1v) is 9.40. The fourth-order valence-electron chi connectivity index (χ4n) is 3.00. The van der Waals surface area contributed by atoms with Crippen molar-refractivity contribution in [1.29, 1.82) is 0 Å². The van der Waals surface area contributed by atoms with Crippen molar-refractivity contribution in [2.75, 3.05) is 19.4 Å². The third kappa shape index (κ3) is 3.98. The van der Waals surface area contributed by atoms with Crippen molar-refractivity contribution in [3.8, 4) is 5.75 Å². The Bertz CT molecular complexity index is 550. The Morgan fingerprint density at radius 3 is 2.57 bits per heavy atom. The van der Waals surface area contributed by atoms with Crippen LogP contribution >= 0.6 is 0 Å². The number of ether oxygens (including phenoxy) is 1. The Labute approximate surface area is 127 Å². The molecule has 0 bridgehead atoms. The quantitative estimate of drug-likeness (QED) is 0.841. The van der Waals surface area contributed by atoms with Gasteiger partial charge in [-0.1, -0.05) is 31.0 Å². The van der Waals surface area contributed by atoms with E-state index in [2.05, 4.69) is 5.32 Å². The van der Waals surface area contributed by atoms with Gasteiger partial charge in [0.15, 0.2) is 9.84 Å². The molecule has 0 aromatic heterocycles. The first-order valence-electron chi connectivity index (χ1n) is 7.69. The van der Waals surface area contributed by atoms with Crippen LogP contribution in [0.4, 0.5) is 0 Å². The van der Waals surface area contributed by atoms with E-state index in [0.717, 1.165) is 37.0 Å². The van der Waals surface area contributed by atoms with E-state index in [-0.39, 0.29) is 17.0 Å². The molecule has 4 nitrogen and oxygen atoms in total. The summed E-state index contributed by atoms with van der Waals surface area (Å²) in [7, 11) is -1.27. The predicted molar refractivity (Wildman–Crippen MR) is 85.5 cm³/mol. The van der Waals surface area contributed by atoms with Gasteiger partial charge in [0.25, 0.3) is 0 Å². The Morgan fingerprint density at radius 1 is 1.29 bits per heavy atom. The summed E-state index contributed by atoms with van der Waals surface area (Å²) in [5.74, 6) is 0.902. The molecule has 21 heavy (non-hydrogen) atoms. The molecule has 1 aliphatic rings. The van der Waals surface area contributed by atoms with Crippen molar-refractivity contribution in [1.82, 2.24) is 5.32 Å². The van der Waals surface area contributed by atoms with Crippen LogP contribution in [-0.4, -0.2) is 33.1 Å². The number of nitrogens with one attached hydrogen (secondary N) is 1. The number of para-hydroxylation sites is 1. The lowest BCUT2D eigenvalue weighted by Crippen LogP contribution is -2.30. The fraction of sp³-hybridized carbons (Fsp3) is 0.625. The summed E-state index contributed by atoms with van der Waals surface area (Å²) in [6.07, 6.45) is 3.69. The molecular weight excluding hydrogens is 286 g/mol. The summed E-state index contributed by atoms with van der Waals surface area (Å²) < 4.78 is 30.8. The van der Waals surface area contributed by atoms with Gasteiger partial charge in [0, 0.05) is 11.6 Å². The highest BCUT2D eigenvalue weighted by Crippen LogP contribution is 2.30. The van der Waals surface area contributed by atoms with Gasteiger partial charge < -0.3 is 10.1 Å². The number of hydrogen-bond donors (Lipinski definition) is 1. The van der Waals surface area contributed by atoms with Crippen LogP contribution < -0.4 is 10.1 Å². The van der Waals surface area contributed by atoms with Gasteiger partial charge >= 0.3 is 0 Å². The van der Waals surface area contributed by atoms with Crippen LogP contribution in [0.1, 0.15) is 44.2 Å². The van der Waals surface area contributed by atoms with E-state index in [1.54, 1.807) is 7.05 Å². The summed E-state index contributed by atoms with van der Waals surface area (Å²) in [5.41, 5.74) is 0.920. The Kier molecular flexibility index (Phi) is 5.65. The number of hydrogen-bond acceptors (Lipinski definition) is 4. The van der Waals surface area contributed by atoms with Crippen LogP contribution in [0.3, 0.4) is 0 Å². The molecule has 1 fully saturated rings. The summed E-state index contributed by atoms with van der Waals surface area (Å²) in [4.78, 5) is 0. The predicted octanol–water partition coefficient (Wildman–Crippen LogP) is 2.70. The van der Waals surface area contributed by atoms with Crippen molar-refractivity contribution in [3.05, 3.63) is 29.8 Å². The summed E-state index contributed by atoms with van der Waals surface area (Å²) in [6.45, 7) is 2.50. The zero-order valence-electron chi connectivity index (χ0n) is 12.8. The van der Waals surface area contributed by atoms with E-state index in [4.69, 9.17) is 4.74 Å². The second-order valence-electron chi connectivity index (χ2n) is 5.55. The molecule has 1 aromatic carbocycles. The third-order valence-corrected chi connectivity index (χ3v) is 6.44. The van der Waals surface area contributed by atoms with E-state index in [1.807, 2.05) is 31.2 Å². The van der Waals surface area contributed by atoms with Gasteiger partial charge in [0.1, 0.15) is 5.75 Å². The molecule has 0 saturated heterocycles. The molecule has 2 rings (SSSR count). The summed E-state index contributed by atoms with van der Waals surface area (Å²) >= 11 is 0. The van der Waals surface area contributed by atoms with Crippen molar-refractivity contribution < 1.29 is 13.2 Å². The van der Waals surface area contributed by atoms with Crippen LogP contribution in [0.2, 0.25) is 0 Å². The van der Waals surface area contributed by atoms with Gasteiger partial charge in [-0.05, 0) is 32.9 Å². The monoisotopic (exact) mass is 311 g/mol. The minimum absolute atomic E-state index is 0.137. The van der Waals surface area contributed by atoms with Crippen LogP contribution in [0, 0.1) is 0 Å². The van der Waals surface area contributed by atoms with E-state index < -0.39 is 9.84 Å². The van der Waals surface area contributed by atoms with Gasteiger partial charge in [-0.3, -0.25) is 0 Å². The van der Waals surface area contributed by atoms with Gasteiger partial charge in [0.2, 0.25) is 0 Å². The Morgan fingerprint density at radius 2 is 1.95 bits per heavy atom. The average molecular weight is 311 g/mol. The molecule has 0 aliphatic heterocycles. The molecule has 1 aromatic rings. The van der Waals surface area contributed by atoms with Gasteiger partial charge in [-0.25, -0.2) is 8.42 Å². The molecule has 5 heteroatoms. The van der Waals surface area contributed by atoms with Gasteiger partial charge in [-0.15, -0.1) is 0 Å². The van der Waals surface area contributed by atoms with E-state index in [9.17, 15) is 8.42 Å². The third-order valence-electron chi connectivity index (χ3n) is 4.15. The minimum Gasteiger partial charge on any atom is -0.494 e. The molecule has 118 valence electrons.